The summed E-state index contributed by atoms with van der Waals surface area (Å²) in [7, 11) is 1.62. The van der Waals surface area contributed by atoms with Gasteiger partial charge in [0, 0.05) is 11.3 Å². The number of nitrogens with zero attached hydrogens (tertiary/aromatic N) is 3. The van der Waals surface area contributed by atoms with Gasteiger partial charge in [0.05, 0.1) is 17.8 Å². The van der Waals surface area contributed by atoms with Gasteiger partial charge in [-0.05, 0) is 35.1 Å². The molecule has 3 aromatic rings. The average Bonchev–Trinajstić information content (AvgIpc) is 3.09. The lowest BCUT2D eigenvalue weighted by Crippen LogP contribution is -2.10. The van der Waals surface area contributed by atoms with Gasteiger partial charge in [0.2, 0.25) is 0 Å². The van der Waals surface area contributed by atoms with Crippen LogP contribution in [0.2, 0.25) is 5.02 Å². The second-order valence-corrected chi connectivity index (χ2v) is 9.89. The molecule has 0 N–H and O–H groups in total. The molecule has 3 rings (SSSR count). The van der Waals surface area contributed by atoms with Crippen molar-refractivity contribution < 1.29 is 4.74 Å². The maximum Gasteiger partial charge on any atom is 0.196 e. The lowest BCUT2D eigenvalue weighted by molar-refractivity contribution is 0.415. The molecule has 0 aliphatic carbocycles. The van der Waals surface area contributed by atoms with Gasteiger partial charge >= 0.3 is 0 Å². The minimum atomic E-state index is 0.105. The zero-order chi connectivity index (χ0) is 21.2. The highest BCUT2D eigenvalue weighted by Gasteiger charge is 2.19. The molecule has 0 aliphatic heterocycles. The molecule has 0 unspecified atom stereocenters. The Balaban J connectivity index is 2.09. The van der Waals surface area contributed by atoms with Crippen molar-refractivity contribution in [2.75, 3.05) is 12.9 Å². The summed E-state index contributed by atoms with van der Waals surface area (Å²) in [5.41, 5.74) is 3.33. The maximum absolute atomic E-state index is 6.41. The molecular weight excluding hydrogens is 402 g/mol. The molecule has 0 atom stereocenters. The number of hydrogen-bond donors (Lipinski definition) is 0. The molecule has 29 heavy (non-hydrogen) atoms. The van der Waals surface area contributed by atoms with Crippen molar-refractivity contribution in [3.63, 3.8) is 0 Å². The Kier molecular flexibility index (Phi) is 6.59. The first-order valence-electron chi connectivity index (χ1n) is 9.73. The van der Waals surface area contributed by atoms with E-state index in [1.165, 1.54) is 5.56 Å². The summed E-state index contributed by atoms with van der Waals surface area (Å²) in [5, 5.41) is 10.4. The summed E-state index contributed by atoms with van der Waals surface area (Å²) in [6, 6.07) is 14.3. The van der Waals surface area contributed by atoms with Gasteiger partial charge in [-0.2, -0.15) is 0 Å². The van der Waals surface area contributed by atoms with E-state index in [4.69, 9.17) is 16.3 Å². The molecule has 0 amide bonds. The zero-order valence-electron chi connectivity index (χ0n) is 17.9. The molecule has 1 heterocycles. The van der Waals surface area contributed by atoms with E-state index in [0.29, 0.717) is 16.7 Å². The van der Waals surface area contributed by atoms with Crippen molar-refractivity contribution in [3.05, 3.63) is 53.1 Å². The van der Waals surface area contributed by atoms with E-state index in [9.17, 15) is 0 Å². The molecular formula is C23H28ClN3OS. The zero-order valence-corrected chi connectivity index (χ0v) is 19.4. The standard InChI is InChI=1S/C23H28ClN3OS/c1-15(2)14-29-22-26-25-21(16-7-9-17(10-8-16)23(3,4)5)27(22)18-11-12-20(28-6)19(24)13-18/h7-13,15H,14H2,1-6H3. The van der Waals surface area contributed by atoms with Crippen LogP contribution in [-0.4, -0.2) is 27.6 Å². The summed E-state index contributed by atoms with van der Waals surface area (Å²) in [6.45, 7) is 11.0. The van der Waals surface area contributed by atoms with E-state index in [0.717, 1.165) is 28.0 Å². The second kappa shape index (κ2) is 8.80. The van der Waals surface area contributed by atoms with E-state index < -0.39 is 0 Å². The Morgan fingerprint density at radius 3 is 2.31 bits per heavy atom. The fraction of sp³-hybridized carbons (Fsp3) is 0.391. The van der Waals surface area contributed by atoms with Crippen molar-refractivity contribution >= 4 is 23.4 Å². The van der Waals surface area contributed by atoms with E-state index >= 15 is 0 Å². The molecule has 4 nitrogen and oxygen atoms in total. The molecule has 1 aromatic heterocycles. The molecule has 0 saturated carbocycles. The third-order valence-corrected chi connectivity index (χ3v) is 6.23. The number of aromatic nitrogens is 3. The van der Waals surface area contributed by atoms with Crippen LogP contribution in [0.3, 0.4) is 0 Å². The van der Waals surface area contributed by atoms with Crippen LogP contribution >= 0.6 is 23.4 Å². The molecule has 0 aliphatic rings. The Bertz CT molecular complexity index is 975. The average molecular weight is 430 g/mol. The van der Waals surface area contributed by atoms with Crippen LogP contribution in [-0.2, 0) is 5.41 Å². The summed E-state index contributed by atoms with van der Waals surface area (Å²) in [5.74, 6) is 2.97. The highest BCUT2D eigenvalue weighted by atomic mass is 35.5. The fourth-order valence-electron chi connectivity index (χ4n) is 2.94. The highest BCUT2D eigenvalue weighted by Crippen LogP contribution is 2.33. The quantitative estimate of drug-likeness (QED) is 0.411. The minimum absolute atomic E-state index is 0.105. The molecule has 154 valence electrons. The van der Waals surface area contributed by atoms with Crippen molar-refractivity contribution in [3.8, 4) is 22.8 Å². The monoisotopic (exact) mass is 429 g/mol. The van der Waals surface area contributed by atoms with E-state index in [1.807, 2.05) is 18.2 Å². The predicted octanol–water partition coefficient (Wildman–Crippen LogP) is 6.64. The largest absolute Gasteiger partial charge is 0.495 e. The minimum Gasteiger partial charge on any atom is -0.495 e. The first-order valence-corrected chi connectivity index (χ1v) is 11.1. The topological polar surface area (TPSA) is 39.9 Å². The van der Waals surface area contributed by atoms with Crippen molar-refractivity contribution in [1.82, 2.24) is 14.8 Å². The molecule has 6 heteroatoms. The molecule has 0 saturated heterocycles. The van der Waals surface area contributed by atoms with Crippen LogP contribution in [0.15, 0.2) is 47.6 Å². The van der Waals surface area contributed by atoms with Crippen LogP contribution in [0.1, 0.15) is 40.2 Å². The molecule has 0 radical (unpaired) electrons. The summed E-state index contributed by atoms with van der Waals surface area (Å²) >= 11 is 8.11. The van der Waals surface area contributed by atoms with E-state index in [2.05, 4.69) is 73.6 Å². The Hall–Kier alpha value is -1.98. The normalized spacial score (nSPS) is 11.9. The van der Waals surface area contributed by atoms with Gasteiger partial charge in [-0.15, -0.1) is 10.2 Å². The van der Waals surface area contributed by atoms with Gasteiger partial charge in [0.15, 0.2) is 11.0 Å². The Morgan fingerprint density at radius 1 is 1.07 bits per heavy atom. The number of ether oxygens (including phenoxy) is 1. The highest BCUT2D eigenvalue weighted by molar-refractivity contribution is 7.99. The maximum atomic E-state index is 6.41. The lowest BCUT2D eigenvalue weighted by atomic mass is 9.87. The van der Waals surface area contributed by atoms with Gasteiger partial charge in [0.25, 0.3) is 0 Å². The Morgan fingerprint density at radius 2 is 1.76 bits per heavy atom. The number of thioether (sulfide) groups is 1. The predicted molar refractivity (Wildman–Crippen MR) is 123 cm³/mol. The van der Waals surface area contributed by atoms with E-state index in [1.54, 1.807) is 18.9 Å². The van der Waals surface area contributed by atoms with Crippen molar-refractivity contribution in [2.24, 2.45) is 5.92 Å². The van der Waals surface area contributed by atoms with Gasteiger partial charge in [0.1, 0.15) is 5.75 Å². The third-order valence-electron chi connectivity index (χ3n) is 4.58. The van der Waals surface area contributed by atoms with Crippen LogP contribution < -0.4 is 4.74 Å². The van der Waals surface area contributed by atoms with Gasteiger partial charge in [-0.25, -0.2) is 0 Å². The van der Waals surface area contributed by atoms with Crippen LogP contribution in [0, 0.1) is 5.92 Å². The first-order chi connectivity index (χ1) is 13.7. The van der Waals surface area contributed by atoms with Crippen molar-refractivity contribution in [1.29, 1.82) is 0 Å². The Labute approximate surface area is 182 Å². The fourth-order valence-corrected chi connectivity index (χ4v) is 4.09. The smallest absolute Gasteiger partial charge is 0.196 e. The van der Waals surface area contributed by atoms with Gasteiger partial charge < -0.3 is 4.74 Å². The van der Waals surface area contributed by atoms with Crippen LogP contribution in [0.4, 0.5) is 0 Å². The number of benzene rings is 2. The summed E-state index contributed by atoms with van der Waals surface area (Å²) in [4.78, 5) is 0. The van der Waals surface area contributed by atoms with Crippen LogP contribution in [0.25, 0.3) is 17.1 Å². The molecule has 0 spiro atoms. The molecule has 2 aromatic carbocycles. The van der Waals surface area contributed by atoms with Gasteiger partial charge in [-0.3, -0.25) is 4.57 Å². The third kappa shape index (κ3) is 4.96. The van der Waals surface area contributed by atoms with Gasteiger partial charge in [-0.1, -0.05) is 82.2 Å². The number of halogens is 1. The van der Waals surface area contributed by atoms with E-state index in [-0.39, 0.29) is 5.41 Å². The van der Waals surface area contributed by atoms with Crippen molar-refractivity contribution in [2.45, 2.75) is 45.2 Å². The second-order valence-electron chi connectivity index (χ2n) is 8.49. The number of rotatable bonds is 6. The summed E-state index contributed by atoms with van der Waals surface area (Å²) in [6.07, 6.45) is 0. The first kappa shape index (κ1) is 21.7. The molecule has 0 fully saturated rings. The number of hydrogen-bond acceptors (Lipinski definition) is 4. The SMILES string of the molecule is COc1ccc(-n2c(SCC(C)C)nnc2-c2ccc(C(C)(C)C)cc2)cc1Cl. The lowest BCUT2D eigenvalue weighted by Gasteiger charge is -2.19. The molecule has 0 bridgehead atoms. The summed E-state index contributed by atoms with van der Waals surface area (Å²) < 4.78 is 7.38. The van der Waals surface area contributed by atoms with Crippen LogP contribution in [0.5, 0.6) is 5.75 Å². The number of methoxy groups -OCH3 is 1.